The lowest BCUT2D eigenvalue weighted by Gasteiger charge is -2.14. The fourth-order valence-corrected chi connectivity index (χ4v) is 5.50. The van der Waals surface area contributed by atoms with Gasteiger partial charge in [0.05, 0.1) is 4.90 Å². The molecule has 1 aliphatic carbocycles. The van der Waals surface area contributed by atoms with Gasteiger partial charge < -0.3 is 5.11 Å². The van der Waals surface area contributed by atoms with Crippen LogP contribution >= 0.6 is 15.9 Å². The summed E-state index contributed by atoms with van der Waals surface area (Å²) in [7, 11) is -3.87. The fraction of sp³-hybridized carbons (Fsp3) is 0.417. The maximum atomic E-state index is 12.5. The number of rotatable bonds is 4. The maximum Gasteiger partial charge on any atom is 0.325 e. The lowest BCUT2D eigenvalue weighted by Crippen LogP contribution is -2.35. The first-order chi connectivity index (χ1) is 8.38. The number of aliphatic carboxylic acids is 1. The van der Waals surface area contributed by atoms with Crippen LogP contribution in [0.15, 0.2) is 33.6 Å². The Kier molecular flexibility index (Phi) is 3.27. The number of sulfone groups is 1. The lowest BCUT2D eigenvalue weighted by atomic mass is 10.2. The minimum absolute atomic E-state index is 0.0587. The molecule has 1 saturated carbocycles. The van der Waals surface area contributed by atoms with Crippen molar-refractivity contribution in [2.24, 2.45) is 5.92 Å². The van der Waals surface area contributed by atoms with E-state index < -0.39 is 20.6 Å². The van der Waals surface area contributed by atoms with Crippen molar-refractivity contribution in [3.05, 3.63) is 28.7 Å². The first-order valence-electron chi connectivity index (χ1n) is 5.60. The van der Waals surface area contributed by atoms with E-state index in [1.807, 2.05) is 6.92 Å². The Hall–Kier alpha value is -0.880. The van der Waals surface area contributed by atoms with Crippen molar-refractivity contribution in [1.29, 1.82) is 0 Å². The third kappa shape index (κ3) is 1.70. The van der Waals surface area contributed by atoms with E-state index in [0.717, 1.165) is 0 Å². The molecule has 98 valence electrons. The molecule has 0 aromatic heterocycles. The van der Waals surface area contributed by atoms with Gasteiger partial charge >= 0.3 is 5.97 Å². The number of carboxylic acid groups (broad SMARTS) is 1. The highest BCUT2D eigenvalue weighted by Gasteiger charge is 2.69. The summed E-state index contributed by atoms with van der Waals surface area (Å²) in [4.78, 5) is 11.4. The molecular weight excluding hydrogens is 320 g/mol. The van der Waals surface area contributed by atoms with Gasteiger partial charge in [-0.05, 0) is 40.4 Å². The van der Waals surface area contributed by atoms with Gasteiger partial charge in [-0.15, -0.1) is 0 Å². The van der Waals surface area contributed by atoms with E-state index in [1.165, 1.54) is 6.07 Å². The largest absolute Gasteiger partial charge is 0.480 e. The van der Waals surface area contributed by atoms with Gasteiger partial charge in [0.25, 0.3) is 0 Å². The predicted molar refractivity (Wildman–Crippen MR) is 70.1 cm³/mol. The summed E-state index contributed by atoms with van der Waals surface area (Å²) in [6.45, 7) is 1.81. The molecule has 2 atom stereocenters. The molecule has 0 heterocycles. The molecule has 0 radical (unpaired) electrons. The van der Waals surface area contributed by atoms with Gasteiger partial charge in [0.1, 0.15) is 0 Å². The summed E-state index contributed by atoms with van der Waals surface area (Å²) < 4.78 is 23.9. The second-order valence-electron chi connectivity index (χ2n) is 4.44. The minimum Gasteiger partial charge on any atom is -0.480 e. The van der Waals surface area contributed by atoms with E-state index in [4.69, 9.17) is 0 Å². The maximum absolute atomic E-state index is 12.5. The molecule has 1 aromatic carbocycles. The zero-order chi connectivity index (χ0) is 13.6. The van der Waals surface area contributed by atoms with Gasteiger partial charge in [0.2, 0.25) is 0 Å². The highest BCUT2D eigenvalue weighted by molar-refractivity contribution is 9.10. The quantitative estimate of drug-likeness (QED) is 0.919. The Labute approximate surface area is 114 Å². The number of benzene rings is 1. The van der Waals surface area contributed by atoms with Crippen molar-refractivity contribution in [2.75, 3.05) is 0 Å². The smallest absolute Gasteiger partial charge is 0.325 e. The summed E-state index contributed by atoms with van der Waals surface area (Å²) in [5.74, 6) is -1.54. The van der Waals surface area contributed by atoms with Crippen molar-refractivity contribution in [1.82, 2.24) is 0 Å². The Morgan fingerprint density at radius 1 is 1.50 bits per heavy atom. The van der Waals surface area contributed by atoms with E-state index in [2.05, 4.69) is 15.9 Å². The van der Waals surface area contributed by atoms with Gasteiger partial charge in [-0.1, -0.05) is 25.5 Å². The number of halogens is 1. The molecule has 0 aliphatic heterocycles. The van der Waals surface area contributed by atoms with Crippen molar-refractivity contribution in [3.8, 4) is 0 Å². The topological polar surface area (TPSA) is 71.4 Å². The molecule has 1 aromatic rings. The number of carboxylic acids is 1. The van der Waals surface area contributed by atoms with Gasteiger partial charge in [-0.3, -0.25) is 4.79 Å². The first-order valence-corrected chi connectivity index (χ1v) is 7.88. The molecule has 2 unspecified atom stereocenters. The van der Waals surface area contributed by atoms with E-state index in [0.29, 0.717) is 10.9 Å². The monoisotopic (exact) mass is 332 g/mol. The Bertz CT molecular complexity index is 596. The molecule has 1 aliphatic rings. The van der Waals surface area contributed by atoms with E-state index in [-0.39, 0.29) is 17.2 Å². The molecule has 0 bridgehead atoms. The van der Waals surface area contributed by atoms with E-state index in [9.17, 15) is 18.3 Å². The molecule has 2 rings (SSSR count). The van der Waals surface area contributed by atoms with Crippen molar-refractivity contribution in [3.63, 3.8) is 0 Å². The van der Waals surface area contributed by atoms with Crippen LogP contribution in [0.25, 0.3) is 0 Å². The molecule has 0 saturated heterocycles. The Balaban J connectivity index is 2.57. The molecule has 0 amide bonds. The molecule has 1 fully saturated rings. The van der Waals surface area contributed by atoms with Gasteiger partial charge in [0, 0.05) is 4.47 Å². The second-order valence-corrected chi connectivity index (χ2v) is 7.47. The molecule has 0 spiro atoms. The summed E-state index contributed by atoms with van der Waals surface area (Å²) in [5.41, 5.74) is 0. The predicted octanol–water partition coefficient (Wildman–Crippen LogP) is 2.48. The van der Waals surface area contributed by atoms with E-state index in [1.54, 1.807) is 18.2 Å². The standard InChI is InChI=1S/C12H13BrO4S/c1-2-8-7-12(8,11(14)15)18(16,17)10-6-4-3-5-9(10)13/h3-6,8H,2,7H2,1H3,(H,14,15). The fourth-order valence-electron chi connectivity index (χ4n) is 2.35. The molecule has 6 heteroatoms. The van der Waals surface area contributed by atoms with Crippen molar-refractivity contribution in [2.45, 2.75) is 29.4 Å². The molecule has 1 N–H and O–H groups in total. The lowest BCUT2D eigenvalue weighted by molar-refractivity contribution is -0.137. The van der Waals surface area contributed by atoms with Crippen LogP contribution in [0.5, 0.6) is 0 Å². The van der Waals surface area contributed by atoms with Gasteiger partial charge in [0.15, 0.2) is 14.6 Å². The van der Waals surface area contributed by atoms with Crippen LogP contribution in [-0.2, 0) is 14.6 Å². The van der Waals surface area contributed by atoms with Crippen LogP contribution in [0.2, 0.25) is 0 Å². The van der Waals surface area contributed by atoms with E-state index >= 15 is 0 Å². The van der Waals surface area contributed by atoms with Crippen molar-refractivity contribution >= 4 is 31.7 Å². The molecular formula is C12H13BrO4S. The SMILES string of the molecule is CCC1CC1(C(=O)O)S(=O)(=O)c1ccccc1Br. The number of carbonyl (C=O) groups is 1. The van der Waals surface area contributed by atoms with Gasteiger partial charge in [-0.25, -0.2) is 8.42 Å². The minimum atomic E-state index is -3.87. The second kappa shape index (κ2) is 4.35. The van der Waals surface area contributed by atoms with Crippen molar-refractivity contribution < 1.29 is 18.3 Å². The third-order valence-electron chi connectivity index (χ3n) is 3.51. The normalized spacial score (nSPS) is 26.9. The third-order valence-corrected chi connectivity index (χ3v) is 7.03. The zero-order valence-corrected chi connectivity index (χ0v) is 12.2. The highest BCUT2D eigenvalue weighted by Crippen LogP contribution is 2.55. The highest BCUT2D eigenvalue weighted by atomic mass is 79.9. The molecule has 18 heavy (non-hydrogen) atoms. The number of hydrogen-bond donors (Lipinski definition) is 1. The van der Waals surface area contributed by atoms with Crippen LogP contribution in [0.3, 0.4) is 0 Å². The number of hydrogen-bond acceptors (Lipinski definition) is 3. The van der Waals surface area contributed by atoms with Crippen LogP contribution in [0.1, 0.15) is 19.8 Å². The van der Waals surface area contributed by atoms with Crippen LogP contribution in [-0.4, -0.2) is 24.2 Å². The Morgan fingerprint density at radius 2 is 2.11 bits per heavy atom. The summed E-state index contributed by atoms with van der Waals surface area (Å²) in [6, 6.07) is 6.33. The Morgan fingerprint density at radius 3 is 2.56 bits per heavy atom. The van der Waals surface area contributed by atoms with Gasteiger partial charge in [-0.2, -0.15) is 0 Å². The van der Waals surface area contributed by atoms with Crippen LogP contribution in [0, 0.1) is 5.92 Å². The first kappa shape index (κ1) is 13.5. The summed E-state index contributed by atoms with van der Waals surface area (Å²) in [6.07, 6.45) is 0.748. The van der Waals surface area contributed by atoms with Crippen LogP contribution < -0.4 is 0 Å². The zero-order valence-electron chi connectivity index (χ0n) is 9.76. The summed E-state index contributed by atoms with van der Waals surface area (Å²) in [5, 5.41) is 9.30. The summed E-state index contributed by atoms with van der Waals surface area (Å²) >= 11 is 3.17. The van der Waals surface area contributed by atoms with Crippen LogP contribution in [0.4, 0.5) is 0 Å². The average Bonchev–Trinajstić information content (AvgIpc) is 3.05. The molecule has 4 nitrogen and oxygen atoms in total. The average molecular weight is 333 g/mol.